The first-order valence-corrected chi connectivity index (χ1v) is 7.01. The van der Waals surface area contributed by atoms with Crippen molar-refractivity contribution in [3.05, 3.63) is 54.2 Å². The SMILES string of the molecule is Cc1cccc(S(=O)[O-])c1-c1c[nH]c2ccccc12. The topological polar surface area (TPSA) is 55.9 Å². The van der Waals surface area contributed by atoms with E-state index >= 15 is 0 Å². The van der Waals surface area contributed by atoms with Gasteiger partial charge in [-0.25, -0.2) is 0 Å². The zero-order valence-corrected chi connectivity index (χ0v) is 11.2. The highest BCUT2D eigenvalue weighted by molar-refractivity contribution is 7.79. The Balaban J connectivity index is 2.36. The van der Waals surface area contributed by atoms with Crippen LogP contribution in [-0.2, 0) is 11.1 Å². The molecule has 1 heterocycles. The van der Waals surface area contributed by atoms with E-state index in [2.05, 4.69) is 4.98 Å². The molecule has 0 aliphatic heterocycles. The van der Waals surface area contributed by atoms with E-state index in [0.29, 0.717) is 4.90 Å². The second-order valence-corrected chi connectivity index (χ2v) is 5.34. The van der Waals surface area contributed by atoms with Gasteiger partial charge in [-0.2, -0.15) is 0 Å². The van der Waals surface area contributed by atoms with E-state index in [0.717, 1.165) is 27.6 Å². The first-order chi connectivity index (χ1) is 9.18. The summed E-state index contributed by atoms with van der Waals surface area (Å²) < 4.78 is 22.8. The molecular weight excluding hydrogens is 258 g/mol. The maximum atomic E-state index is 11.4. The van der Waals surface area contributed by atoms with E-state index in [4.69, 9.17) is 0 Å². The Morgan fingerprint density at radius 3 is 2.68 bits per heavy atom. The molecule has 0 aliphatic rings. The van der Waals surface area contributed by atoms with Gasteiger partial charge in [0.05, 0.1) is 0 Å². The van der Waals surface area contributed by atoms with E-state index in [-0.39, 0.29) is 0 Å². The molecule has 0 aliphatic carbocycles. The van der Waals surface area contributed by atoms with Crippen molar-refractivity contribution < 1.29 is 8.76 Å². The maximum absolute atomic E-state index is 11.4. The fourth-order valence-electron chi connectivity index (χ4n) is 2.40. The van der Waals surface area contributed by atoms with Crippen LogP contribution in [0.4, 0.5) is 0 Å². The highest BCUT2D eigenvalue weighted by Gasteiger charge is 2.12. The lowest BCUT2D eigenvalue weighted by molar-refractivity contribution is 0.537. The molecule has 1 unspecified atom stereocenters. The number of aromatic nitrogens is 1. The molecule has 0 saturated heterocycles. The largest absolute Gasteiger partial charge is 0.768 e. The monoisotopic (exact) mass is 270 g/mol. The van der Waals surface area contributed by atoms with Gasteiger partial charge in [0, 0.05) is 33.1 Å². The molecule has 3 rings (SSSR count). The molecule has 3 aromatic rings. The molecule has 0 fully saturated rings. The molecule has 96 valence electrons. The summed E-state index contributed by atoms with van der Waals surface area (Å²) in [5.41, 5.74) is 3.65. The van der Waals surface area contributed by atoms with Crippen molar-refractivity contribution in [3.63, 3.8) is 0 Å². The van der Waals surface area contributed by atoms with Crippen molar-refractivity contribution in [2.75, 3.05) is 0 Å². The number of benzene rings is 2. The number of rotatable bonds is 2. The van der Waals surface area contributed by atoms with Crippen LogP contribution in [0.5, 0.6) is 0 Å². The van der Waals surface area contributed by atoms with Gasteiger partial charge in [0.2, 0.25) is 0 Å². The molecule has 0 radical (unpaired) electrons. The molecule has 1 atom stereocenters. The fourth-order valence-corrected chi connectivity index (χ4v) is 3.03. The third kappa shape index (κ3) is 1.99. The van der Waals surface area contributed by atoms with Gasteiger partial charge in [0.25, 0.3) is 0 Å². The van der Waals surface area contributed by atoms with Gasteiger partial charge in [-0.1, -0.05) is 30.3 Å². The van der Waals surface area contributed by atoms with Gasteiger partial charge in [0.1, 0.15) is 0 Å². The van der Waals surface area contributed by atoms with Gasteiger partial charge in [-0.3, -0.25) is 4.21 Å². The lowest BCUT2D eigenvalue weighted by Crippen LogP contribution is -1.95. The molecule has 1 N–H and O–H groups in total. The molecular formula is C15H12NO2S-. The highest BCUT2D eigenvalue weighted by Crippen LogP contribution is 2.34. The molecule has 0 amide bonds. The number of aromatic amines is 1. The van der Waals surface area contributed by atoms with Crippen molar-refractivity contribution in [2.24, 2.45) is 0 Å². The molecule has 2 aromatic carbocycles. The predicted molar refractivity (Wildman–Crippen MR) is 75.7 cm³/mol. The Morgan fingerprint density at radius 2 is 1.89 bits per heavy atom. The fraction of sp³-hybridized carbons (Fsp3) is 0.0667. The normalized spacial score (nSPS) is 12.7. The van der Waals surface area contributed by atoms with Crippen molar-refractivity contribution in [2.45, 2.75) is 11.8 Å². The van der Waals surface area contributed by atoms with Crippen LogP contribution in [0, 0.1) is 6.92 Å². The average Bonchev–Trinajstić information content (AvgIpc) is 2.82. The summed E-state index contributed by atoms with van der Waals surface area (Å²) in [4.78, 5) is 3.52. The van der Waals surface area contributed by atoms with Gasteiger partial charge < -0.3 is 9.54 Å². The zero-order chi connectivity index (χ0) is 13.4. The van der Waals surface area contributed by atoms with Crippen LogP contribution in [0.15, 0.2) is 53.6 Å². The van der Waals surface area contributed by atoms with Gasteiger partial charge in [-0.15, -0.1) is 0 Å². The van der Waals surface area contributed by atoms with Gasteiger partial charge in [-0.05, 0) is 35.7 Å². The second kappa shape index (κ2) is 4.64. The molecule has 1 aromatic heterocycles. The molecule has 3 nitrogen and oxygen atoms in total. The summed E-state index contributed by atoms with van der Waals surface area (Å²) in [5.74, 6) is 0. The summed E-state index contributed by atoms with van der Waals surface area (Å²) in [6.07, 6.45) is 1.86. The summed E-state index contributed by atoms with van der Waals surface area (Å²) in [6.45, 7) is 1.92. The van der Waals surface area contributed by atoms with Crippen LogP contribution in [0.2, 0.25) is 0 Å². The Hall–Kier alpha value is -1.91. The number of H-pyrrole nitrogens is 1. The lowest BCUT2D eigenvalue weighted by Gasteiger charge is -2.14. The molecule has 0 saturated carbocycles. The van der Waals surface area contributed by atoms with Crippen LogP contribution in [0.1, 0.15) is 5.56 Å². The number of para-hydroxylation sites is 1. The summed E-state index contributed by atoms with van der Waals surface area (Å²) in [5, 5.41) is 1.03. The first kappa shape index (κ1) is 12.1. The number of fused-ring (bicyclic) bond motifs is 1. The Labute approximate surface area is 113 Å². The van der Waals surface area contributed by atoms with Crippen molar-refractivity contribution in [3.8, 4) is 11.1 Å². The number of hydrogen-bond acceptors (Lipinski definition) is 2. The molecule has 0 bridgehead atoms. The van der Waals surface area contributed by atoms with Gasteiger partial charge in [0.15, 0.2) is 0 Å². The van der Waals surface area contributed by atoms with Crippen LogP contribution in [0.3, 0.4) is 0 Å². The third-order valence-electron chi connectivity index (χ3n) is 3.27. The summed E-state index contributed by atoms with van der Waals surface area (Å²) in [7, 11) is 0. The standard InChI is InChI=1S/C15H13NO2S/c1-10-5-4-8-14(19(17)18)15(10)12-9-16-13-7-3-2-6-11(12)13/h2-9,16H,1H3,(H,17,18)/p-1. The minimum atomic E-state index is -2.24. The quantitative estimate of drug-likeness (QED) is 0.726. The predicted octanol–water partition coefficient (Wildman–Crippen LogP) is 3.38. The number of hydrogen-bond donors (Lipinski definition) is 1. The lowest BCUT2D eigenvalue weighted by atomic mass is 10.00. The van der Waals surface area contributed by atoms with E-state index in [9.17, 15) is 8.76 Å². The minimum Gasteiger partial charge on any atom is -0.768 e. The van der Waals surface area contributed by atoms with E-state index in [1.165, 1.54) is 0 Å². The van der Waals surface area contributed by atoms with E-state index in [1.807, 2.05) is 43.5 Å². The number of nitrogens with one attached hydrogen (secondary N) is 1. The molecule has 0 spiro atoms. The minimum absolute atomic E-state index is 0.338. The Morgan fingerprint density at radius 1 is 1.11 bits per heavy atom. The van der Waals surface area contributed by atoms with Gasteiger partial charge >= 0.3 is 0 Å². The third-order valence-corrected chi connectivity index (χ3v) is 3.97. The smallest absolute Gasteiger partial charge is 0.0460 e. The number of aryl methyl sites for hydroxylation is 1. The highest BCUT2D eigenvalue weighted by atomic mass is 32.2. The Bertz CT molecular complexity index is 777. The van der Waals surface area contributed by atoms with E-state index < -0.39 is 11.1 Å². The second-order valence-electron chi connectivity index (χ2n) is 4.43. The van der Waals surface area contributed by atoms with Crippen LogP contribution < -0.4 is 0 Å². The zero-order valence-electron chi connectivity index (χ0n) is 10.3. The maximum Gasteiger partial charge on any atom is 0.0460 e. The van der Waals surface area contributed by atoms with Crippen molar-refractivity contribution in [1.29, 1.82) is 0 Å². The summed E-state index contributed by atoms with van der Waals surface area (Å²) >= 11 is -2.24. The van der Waals surface area contributed by atoms with Crippen molar-refractivity contribution in [1.82, 2.24) is 4.98 Å². The molecule has 19 heavy (non-hydrogen) atoms. The first-order valence-electron chi connectivity index (χ1n) is 5.94. The summed E-state index contributed by atoms with van der Waals surface area (Å²) in [6, 6.07) is 13.2. The van der Waals surface area contributed by atoms with Crippen LogP contribution in [0.25, 0.3) is 22.0 Å². The average molecular weight is 270 g/mol. The molecule has 4 heteroatoms. The Kier molecular flexibility index (Phi) is 2.97. The van der Waals surface area contributed by atoms with Crippen LogP contribution >= 0.6 is 0 Å². The van der Waals surface area contributed by atoms with E-state index in [1.54, 1.807) is 12.1 Å². The van der Waals surface area contributed by atoms with Crippen LogP contribution in [-0.4, -0.2) is 13.7 Å². The van der Waals surface area contributed by atoms with Crippen molar-refractivity contribution >= 4 is 22.0 Å².